The number of carbonyl (C=O) groups is 1. The molecular formula is C14H16ClNO4S3. The van der Waals surface area contributed by atoms with Gasteiger partial charge in [0, 0.05) is 18.4 Å². The summed E-state index contributed by atoms with van der Waals surface area (Å²) in [5.74, 6) is -0.781. The predicted molar refractivity (Wildman–Crippen MR) is 96.4 cm³/mol. The molecule has 1 unspecified atom stereocenters. The molecule has 126 valence electrons. The standard InChI is InChI=1S/C14H16ClNO4S3/c1-14(2,3)20-11(18)8-9(17)7-6(5-16)10(15)21-12(7)22-13(8)23(4)19/h5,16H2,1-4H3. The topological polar surface area (TPSA) is 86.5 Å². The molecule has 5 nitrogen and oxygen atoms in total. The van der Waals surface area contributed by atoms with Crippen LogP contribution >= 0.6 is 34.3 Å². The third-order valence-corrected chi connectivity index (χ3v) is 7.07. The van der Waals surface area contributed by atoms with Crippen molar-refractivity contribution in [1.29, 1.82) is 0 Å². The Kier molecular flexibility index (Phi) is 5.32. The van der Waals surface area contributed by atoms with Crippen molar-refractivity contribution >= 4 is 60.4 Å². The first-order valence-electron chi connectivity index (χ1n) is 6.61. The van der Waals surface area contributed by atoms with Crippen LogP contribution in [0.15, 0.2) is 9.00 Å². The Balaban J connectivity index is 2.83. The molecule has 0 spiro atoms. The van der Waals surface area contributed by atoms with Crippen LogP contribution < -0.4 is 11.2 Å². The van der Waals surface area contributed by atoms with Gasteiger partial charge in [-0.3, -0.25) is 9.00 Å². The largest absolute Gasteiger partial charge is 0.456 e. The molecular weight excluding hydrogens is 378 g/mol. The van der Waals surface area contributed by atoms with Gasteiger partial charge in [-0.1, -0.05) is 11.6 Å². The molecule has 23 heavy (non-hydrogen) atoms. The van der Waals surface area contributed by atoms with Gasteiger partial charge < -0.3 is 10.5 Å². The van der Waals surface area contributed by atoms with E-state index in [0.717, 1.165) is 11.3 Å². The van der Waals surface area contributed by atoms with Gasteiger partial charge in [0.15, 0.2) is 0 Å². The summed E-state index contributed by atoms with van der Waals surface area (Å²) in [5, 5.41) is 0.322. The predicted octanol–water partition coefficient (Wildman–Crippen LogP) is 3.13. The fraction of sp³-hybridized carbons (Fsp3) is 0.429. The SMILES string of the molecule is CS(=O)c1sc2sc(Cl)c(CN)c2c(=O)c1C(=O)OC(C)(C)C. The van der Waals surface area contributed by atoms with Gasteiger partial charge in [-0.2, -0.15) is 0 Å². The van der Waals surface area contributed by atoms with E-state index in [1.807, 2.05) is 0 Å². The van der Waals surface area contributed by atoms with E-state index < -0.39 is 27.8 Å². The van der Waals surface area contributed by atoms with Gasteiger partial charge in [0.1, 0.15) is 15.4 Å². The second-order valence-electron chi connectivity index (χ2n) is 5.77. The number of esters is 1. The smallest absolute Gasteiger partial charge is 0.344 e. The first-order chi connectivity index (χ1) is 10.6. The number of carbonyl (C=O) groups excluding carboxylic acids is 1. The van der Waals surface area contributed by atoms with Crippen molar-refractivity contribution in [3.8, 4) is 0 Å². The molecule has 9 heteroatoms. The maximum Gasteiger partial charge on any atom is 0.344 e. The van der Waals surface area contributed by atoms with E-state index in [9.17, 15) is 13.8 Å². The highest BCUT2D eigenvalue weighted by Crippen LogP contribution is 2.38. The number of nitrogens with two attached hydrogens (primary N) is 1. The Hall–Kier alpha value is -0.800. The summed E-state index contributed by atoms with van der Waals surface area (Å²) in [6.07, 6.45) is 1.42. The molecule has 2 aromatic heterocycles. The summed E-state index contributed by atoms with van der Waals surface area (Å²) in [5.41, 5.74) is 4.69. The monoisotopic (exact) mass is 393 g/mol. The van der Waals surface area contributed by atoms with Crippen LogP contribution in [0.2, 0.25) is 4.34 Å². The van der Waals surface area contributed by atoms with Crippen molar-refractivity contribution in [3.63, 3.8) is 0 Å². The first kappa shape index (κ1) is 18.5. The summed E-state index contributed by atoms with van der Waals surface area (Å²) in [7, 11) is -1.51. The van der Waals surface area contributed by atoms with Crippen LogP contribution in [-0.2, 0) is 22.1 Å². The van der Waals surface area contributed by atoms with Crippen molar-refractivity contribution in [2.24, 2.45) is 5.73 Å². The highest BCUT2D eigenvalue weighted by atomic mass is 35.5. The number of rotatable bonds is 3. The highest BCUT2D eigenvalue weighted by molar-refractivity contribution is 7.87. The fourth-order valence-corrected chi connectivity index (χ4v) is 6.06. The molecule has 0 aromatic carbocycles. The minimum absolute atomic E-state index is 0.0864. The number of hydrogen-bond donors (Lipinski definition) is 1. The fourth-order valence-electron chi connectivity index (χ4n) is 1.96. The van der Waals surface area contributed by atoms with Crippen molar-refractivity contribution in [3.05, 3.63) is 25.7 Å². The van der Waals surface area contributed by atoms with Gasteiger partial charge >= 0.3 is 5.97 Å². The molecule has 2 N–H and O–H groups in total. The molecule has 2 aromatic rings. The van der Waals surface area contributed by atoms with Crippen LogP contribution in [0.1, 0.15) is 36.7 Å². The minimum atomic E-state index is -1.51. The zero-order valence-electron chi connectivity index (χ0n) is 13.0. The Bertz CT molecular complexity index is 864. The zero-order valence-corrected chi connectivity index (χ0v) is 16.2. The molecule has 0 radical (unpaired) electrons. The third kappa shape index (κ3) is 3.66. The normalized spacial score (nSPS) is 13.3. The van der Waals surface area contributed by atoms with Crippen LogP contribution in [0, 0.1) is 0 Å². The van der Waals surface area contributed by atoms with Gasteiger partial charge in [0.2, 0.25) is 5.43 Å². The average molecular weight is 394 g/mol. The Morgan fingerprint density at radius 2 is 1.96 bits per heavy atom. The van der Waals surface area contributed by atoms with Crippen molar-refractivity contribution in [1.82, 2.24) is 0 Å². The number of halogens is 1. The second-order valence-corrected chi connectivity index (χ2v) is 10.2. The molecule has 1 atom stereocenters. The summed E-state index contributed by atoms with van der Waals surface area (Å²) in [6, 6.07) is 0. The maximum absolute atomic E-state index is 12.8. The molecule has 0 aliphatic heterocycles. The summed E-state index contributed by atoms with van der Waals surface area (Å²) in [6.45, 7) is 5.19. The Labute approximate surface area is 148 Å². The van der Waals surface area contributed by atoms with Crippen LogP contribution in [0.4, 0.5) is 0 Å². The van der Waals surface area contributed by atoms with Gasteiger partial charge in [-0.05, 0) is 20.8 Å². The lowest BCUT2D eigenvalue weighted by Crippen LogP contribution is -2.28. The average Bonchev–Trinajstić information content (AvgIpc) is 2.71. The Morgan fingerprint density at radius 3 is 2.43 bits per heavy atom. The molecule has 0 aliphatic rings. The number of ether oxygens (including phenoxy) is 1. The molecule has 0 amide bonds. The molecule has 0 saturated heterocycles. The molecule has 0 fully saturated rings. The first-order valence-corrected chi connectivity index (χ1v) is 10.2. The van der Waals surface area contributed by atoms with Crippen molar-refractivity contribution in [2.75, 3.05) is 6.26 Å². The molecule has 0 aliphatic carbocycles. The number of fused-ring (bicyclic) bond motifs is 1. The minimum Gasteiger partial charge on any atom is -0.456 e. The lowest BCUT2D eigenvalue weighted by molar-refractivity contribution is 0.00648. The molecule has 2 heterocycles. The molecule has 0 bridgehead atoms. The lowest BCUT2D eigenvalue weighted by Gasteiger charge is -2.19. The third-order valence-electron chi connectivity index (χ3n) is 2.84. The summed E-state index contributed by atoms with van der Waals surface area (Å²) >= 11 is 8.44. The van der Waals surface area contributed by atoms with E-state index in [-0.39, 0.29) is 16.3 Å². The highest BCUT2D eigenvalue weighted by Gasteiger charge is 2.28. The maximum atomic E-state index is 12.8. The van der Waals surface area contributed by atoms with Crippen LogP contribution in [0.5, 0.6) is 0 Å². The lowest BCUT2D eigenvalue weighted by atomic mass is 10.1. The van der Waals surface area contributed by atoms with Crippen LogP contribution in [-0.4, -0.2) is 22.0 Å². The summed E-state index contributed by atoms with van der Waals surface area (Å²) < 4.78 is 18.5. The number of thiophene rings is 1. The van der Waals surface area contributed by atoms with E-state index in [0.29, 0.717) is 19.3 Å². The zero-order chi connectivity index (χ0) is 17.5. The van der Waals surface area contributed by atoms with Gasteiger partial charge in [-0.25, -0.2) is 4.79 Å². The van der Waals surface area contributed by atoms with E-state index in [2.05, 4.69) is 0 Å². The van der Waals surface area contributed by atoms with E-state index >= 15 is 0 Å². The summed E-state index contributed by atoms with van der Waals surface area (Å²) in [4.78, 5) is 25.3. The molecule has 2 rings (SSSR count). The van der Waals surface area contributed by atoms with Gasteiger partial charge in [-0.15, -0.1) is 22.7 Å². The van der Waals surface area contributed by atoms with E-state index in [1.54, 1.807) is 20.8 Å². The second kappa shape index (κ2) is 6.60. The van der Waals surface area contributed by atoms with Crippen molar-refractivity contribution < 1.29 is 13.7 Å². The van der Waals surface area contributed by atoms with Crippen LogP contribution in [0.3, 0.4) is 0 Å². The van der Waals surface area contributed by atoms with E-state index in [4.69, 9.17) is 22.1 Å². The van der Waals surface area contributed by atoms with Crippen LogP contribution in [0.25, 0.3) is 9.40 Å². The van der Waals surface area contributed by atoms with Gasteiger partial charge in [0.05, 0.1) is 24.5 Å². The quantitative estimate of drug-likeness (QED) is 0.809. The Morgan fingerprint density at radius 1 is 1.35 bits per heavy atom. The van der Waals surface area contributed by atoms with Crippen molar-refractivity contribution in [2.45, 2.75) is 37.1 Å². The molecule has 0 saturated carbocycles. The van der Waals surface area contributed by atoms with Gasteiger partial charge in [0.25, 0.3) is 0 Å². The number of hydrogen-bond acceptors (Lipinski definition) is 7. The van der Waals surface area contributed by atoms with E-state index in [1.165, 1.54) is 17.6 Å².